The highest BCUT2D eigenvalue weighted by Crippen LogP contribution is 2.53. The van der Waals surface area contributed by atoms with Gasteiger partial charge >= 0.3 is 5.97 Å². The molecule has 154 valence electrons. The first-order chi connectivity index (χ1) is 13.8. The fourth-order valence-corrected chi connectivity index (χ4v) is 5.82. The summed E-state index contributed by atoms with van der Waals surface area (Å²) in [6.07, 6.45) is 0.640. The summed E-state index contributed by atoms with van der Waals surface area (Å²) in [5.41, 5.74) is -0.517. The van der Waals surface area contributed by atoms with E-state index in [4.69, 9.17) is 4.74 Å². The molecule has 29 heavy (non-hydrogen) atoms. The third-order valence-corrected chi connectivity index (χ3v) is 7.34. The monoisotopic (exact) mass is 417 g/mol. The molecule has 0 amide bonds. The van der Waals surface area contributed by atoms with Gasteiger partial charge in [0, 0.05) is 11.1 Å². The van der Waals surface area contributed by atoms with E-state index in [9.17, 15) is 23.4 Å². The van der Waals surface area contributed by atoms with Gasteiger partial charge in [-0.25, -0.2) is 8.42 Å². The first-order valence-corrected chi connectivity index (χ1v) is 11.1. The van der Waals surface area contributed by atoms with Crippen LogP contribution in [0.2, 0.25) is 0 Å². The minimum atomic E-state index is -3.94. The van der Waals surface area contributed by atoms with Crippen molar-refractivity contribution in [2.45, 2.75) is 54.7 Å². The zero-order chi connectivity index (χ0) is 20.8. The lowest BCUT2D eigenvalue weighted by atomic mass is 9.87. The Labute approximate surface area is 169 Å². The van der Waals surface area contributed by atoms with E-state index >= 15 is 0 Å². The number of hydrogen-bond acceptors (Lipinski definition) is 5. The van der Waals surface area contributed by atoms with Gasteiger partial charge in [-0.15, -0.1) is 0 Å². The van der Waals surface area contributed by atoms with Crippen LogP contribution < -0.4 is 9.46 Å². The average Bonchev–Trinajstić information content (AvgIpc) is 3.21. The van der Waals surface area contributed by atoms with E-state index in [1.807, 2.05) is 0 Å². The minimum Gasteiger partial charge on any atom is -0.489 e. The van der Waals surface area contributed by atoms with E-state index in [-0.39, 0.29) is 11.3 Å². The summed E-state index contributed by atoms with van der Waals surface area (Å²) >= 11 is 0. The van der Waals surface area contributed by atoms with Crippen LogP contribution in [0.25, 0.3) is 0 Å². The quantitative estimate of drug-likeness (QED) is 0.623. The normalized spacial score (nSPS) is 26.4. The Morgan fingerprint density at radius 2 is 1.97 bits per heavy atom. The Morgan fingerprint density at radius 3 is 2.62 bits per heavy atom. The van der Waals surface area contributed by atoms with Gasteiger partial charge in [0.1, 0.15) is 17.6 Å². The van der Waals surface area contributed by atoms with E-state index in [2.05, 4.69) is 4.72 Å². The predicted molar refractivity (Wildman–Crippen MR) is 105 cm³/mol. The number of sulfonamides is 1. The van der Waals surface area contributed by atoms with Crippen LogP contribution in [0.5, 0.6) is 5.75 Å². The number of para-hydroxylation sites is 1. The van der Waals surface area contributed by atoms with Crippen molar-refractivity contribution in [2.24, 2.45) is 0 Å². The van der Waals surface area contributed by atoms with Crippen molar-refractivity contribution in [1.29, 1.82) is 0 Å². The lowest BCUT2D eigenvalue weighted by Crippen LogP contribution is -2.50. The molecule has 0 radical (unpaired) electrons. The number of hydrogen-bond donors (Lipinski definition) is 3. The maximum absolute atomic E-state index is 12.8. The van der Waals surface area contributed by atoms with Crippen molar-refractivity contribution < 1.29 is 28.2 Å². The van der Waals surface area contributed by atoms with Gasteiger partial charge in [0.2, 0.25) is 10.0 Å². The molecule has 0 saturated heterocycles. The molecule has 7 nitrogen and oxygen atoms in total. The molecule has 2 aromatic rings. The zero-order valence-electron chi connectivity index (χ0n) is 15.9. The van der Waals surface area contributed by atoms with Crippen LogP contribution in [0.15, 0.2) is 53.4 Å². The molecule has 1 heterocycles. The van der Waals surface area contributed by atoms with Gasteiger partial charge in [-0.3, -0.25) is 4.79 Å². The molecule has 0 aromatic heterocycles. The number of ether oxygens (including phenoxy) is 1. The molecule has 0 bridgehead atoms. The second-order valence-corrected chi connectivity index (χ2v) is 9.26. The van der Waals surface area contributed by atoms with Gasteiger partial charge in [-0.2, -0.15) is 4.72 Å². The zero-order valence-corrected chi connectivity index (χ0v) is 16.7. The molecule has 8 heteroatoms. The maximum Gasteiger partial charge on any atom is 0.311 e. The van der Waals surface area contributed by atoms with Gasteiger partial charge in [0.15, 0.2) is 0 Å². The van der Waals surface area contributed by atoms with Gasteiger partial charge in [0.25, 0.3) is 0 Å². The number of nitrogens with one attached hydrogen (secondary N) is 1. The molecule has 0 spiro atoms. The van der Waals surface area contributed by atoms with Crippen molar-refractivity contribution in [2.75, 3.05) is 0 Å². The molecule has 4 rings (SSSR count). The summed E-state index contributed by atoms with van der Waals surface area (Å²) in [6.45, 7) is 1.79. The summed E-state index contributed by atoms with van der Waals surface area (Å²) in [5, 5.41) is 20.9. The van der Waals surface area contributed by atoms with Crippen molar-refractivity contribution in [3.8, 4) is 5.75 Å². The summed E-state index contributed by atoms with van der Waals surface area (Å²) in [7, 11) is -3.94. The third kappa shape index (κ3) is 3.31. The highest BCUT2D eigenvalue weighted by Gasteiger charge is 2.56. The molecular formula is C21H23NO6S. The van der Waals surface area contributed by atoms with Crippen LogP contribution in [0.4, 0.5) is 0 Å². The van der Waals surface area contributed by atoms with Crippen molar-refractivity contribution in [1.82, 2.24) is 4.72 Å². The first-order valence-electron chi connectivity index (χ1n) is 9.60. The minimum absolute atomic E-state index is 0.0710. The van der Waals surface area contributed by atoms with Crippen molar-refractivity contribution in [3.05, 3.63) is 59.7 Å². The van der Waals surface area contributed by atoms with E-state index in [0.717, 1.165) is 0 Å². The topological polar surface area (TPSA) is 113 Å². The number of carbonyl (C=O) groups is 1. The number of carboxylic acid groups (broad SMARTS) is 1. The highest BCUT2D eigenvalue weighted by atomic mass is 32.2. The second-order valence-electron chi connectivity index (χ2n) is 7.58. The van der Waals surface area contributed by atoms with Crippen LogP contribution in [0.3, 0.4) is 0 Å². The summed E-state index contributed by atoms with van der Waals surface area (Å²) in [6, 6.07) is 13.1. The van der Waals surface area contributed by atoms with E-state index < -0.39 is 39.7 Å². The number of benzene rings is 2. The first kappa shape index (κ1) is 19.9. The average molecular weight is 417 g/mol. The maximum atomic E-state index is 12.8. The van der Waals surface area contributed by atoms with Crippen molar-refractivity contribution >= 4 is 16.0 Å². The molecule has 4 atom stereocenters. The molecule has 2 aliphatic rings. The Kier molecular flexibility index (Phi) is 4.88. The van der Waals surface area contributed by atoms with E-state index in [0.29, 0.717) is 29.7 Å². The van der Waals surface area contributed by atoms with E-state index in [1.54, 1.807) is 43.3 Å². The molecule has 3 N–H and O–H groups in total. The van der Waals surface area contributed by atoms with Crippen LogP contribution in [-0.2, 0) is 14.8 Å². The van der Waals surface area contributed by atoms with Gasteiger partial charge < -0.3 is 14.9 Å². The van der Waals surface area contributed by atoms with E-state index in [1.165, 1.54) is 12.1 Å². The Balaban J connectivity index is 1.71. The fourth-order valence-electron chi connectivity index (χ4n) is 4.49. The van der Waals surface area contributed by atoms with Gasteiger partial charge in [0.05, 0.1) is 16.7 Å². The Morgan fingerprint density at radius 1 is 1.24 bits per heavy atom. The molecule has 1 fully saturated rings. The molecule has 4 unspecified atom stereocenters. The van der Waals surface area contributed by atoms with Gasteiger partial charge in [-0.05, 0) is 31.4 Å². The molecular weight excluding hydrogens is 394 g/mol. The summed E-state index contributed by atoms with van der Waals surface area (Å²) < 4.78 is 34.2. The number of aliphatic carboxylic acids is 1. The van der Waals surface area contributed by atoms with Crippen LogP contribution in [-0.4, -0.2) is 36.4 Å². The predicted octanol–water partition coefficient (Wildman–Crippen LogP) is 2.57. The highest BCUT2D eigenvalue weighted by molar-refractivity contribution is 7.89. The molecule has 1 aliphatic heterocycles. The molecule has 1 aliphatic carbocycles. The SMILES string of the molecule is CCC(C(=O)O)c1cccc2c1OC1CCC(O)(NS(=O)(=O)c3ccccc3)C21. The number of carboxylic acids is 1. The third-order valence-electron chi connectivity index (χ3n) is 5.82. The smallest absolute Gasteiger partial charge is 0.311 e. The largest absolute Gasteiger partial charge is 0.489 e. The second kappa shape index (κ2) is 7.12. The molecule has 2 aromatic carbocycles. The number of rotatable bonds is 6. The van der Waals surface area contributed by atoms with Crippen molar-refractivity contribution in [3.63, 3.8) is 0 Å². The Hall–Kier alpha value is -2.42. The lowest BCUT2D eigenvalue weighted by Gasteiger charge is -2.30. The Bertz CT molecular complexity index is 1040. The lowest BCUT2D eigenvalue weighted by molar-refractivity contribution is -0.138. The van der Waals surface area contributed by atoms with Crippen LogP contribution in [0, 0.1) is 0 Å². The summed E-state index contributed by atoms with van der Waals surface area (Å²) in [5.74, 6) is -1.82. The van der Waals surface area contributed by atoms with Gasteiger partial charge in [-0.1, -0.05) is 43.3 Å². The molecule has 1 saturated carbocycles. The number of fused-ring (bicyclic) bond motifs is 3. The number of aliphatic hydroxyl groups is 1. The van der Waals surface area contributed by atoms with Crippen LogP contribution >= 0.6 is 0 Å². The fraction of sp³-hybridized carbons (Fsp3) is 0.381. The van der Waals surface area contributed by atoms with Crippen LogP contribution in [0.1, 0.15) is 49.1 Å². The standard InChI is InChI=1S/C21H23NO6S/c1-2-14(20(23)24)15-9-6-10-16-18-17(28-19(15)16)11-12-21(18,25)22-29(26,27)13-7-4-3-5-8-13/h3-10,14,17-18,22,25H,2,11-12H2,1H3,(H,23,24). The summed E-state index contributed by atoms with van der Waals surface area (Å²) in [4.78, 5) is 11.7.